The van der Waals surface area contributed by atoms with Crippen LogP contribution in [0.15, 0.2) is 35.0 Å². The van der Waals surface area contributed by atoms with Gasteiger partial charge in [-0.25, -0.2) is 0 Å². The van der Waals surface area contributed by atoms with Gasteiger partial charge in [0.15, 0.2) is 5.76 Å². The molecule has 0 saturated carbocycles. The smallest absolute Gasteiger partial charge is 0.286 e. The number of hydrogen-bond donors (Lipinski definition) is 2. The molecule has 0 spiro atoms. The second-order valence-electron chi connectivity index (χ2n) is 4.51. The molecule has 2 rings (SSSR count). The first kappa shape index (κ1) is 14.3. The van der Waals surface area contributed by atoms with Crippen LogP contribution in [-0.4, -0.2) is 33.9 Å². The Labute approximate surface area is 117 Å². The molecule has 108 valence electrons. The quantitative estimate of drug-likeness (QED) is 0.715. The van der Waals surface area contributed by atoms with E-state index in [0.29, 0.717) is 24.6 Å². The molecule has 0 aromatic carbocycles. The van der Waals surface area contributed by atoms with Crippen molar-refractivity contribution in [3.8, 4) is 0 Å². The number of aromatic nitrogens is 2. The topological polar surface area (TPSA) is 80.3 Å². The normalized spacial score (nSPS) is 10.7. The highest BCUT2D eigenvalue weighted by Gasteiger charge is 2.10. The number of amides is 1. The summed E-state index contributed by atoms with van der Waals surface area (Å²) < 4.78 is 7.22. The van der Waals surface area contributed by atoms with Crippen molar-refractivity contribution in [1.29, 1.82) is 0 Å². The van der Waals surface area contributed by atoms with Gasteiger partial charge in [-0.05, 0) is 37.5 Å². The number of furan rings is 1. The fourth-order valence-electron chi connectivity index (χ4n) is 1.84. The third-order valence-electron chi connectivity index (χ3n) is 2.88. The summed E-state index contributed by atoms with van der Waals surface area (Å²) in [4.78, 5) is 11.8. The first-order valence-electron chi connectivity index (χ1n) is 6.75. The molecule has 0 aliphatic heterocycles. The maximum Gasteiger partial charge on any atom is 0.286 e. The van der Waals surface area contributed by atoms with Gasteiger partial charge in [-0.15, -0.1) is 0 Å². The van der Waals surface area contributed by atoms with Crippen LogP contribution in [0.3, 0.4) is 0 Å². The van der Waals surface area contributed by atoms with E-state index in [9.17, 15) is 4.79 Å². The van der Waals surface area contributed by atoms with Gasteiger partial charge in [0, 0.05) is 25.5 Å². The van der Waals surface area contributed by atoms with Crippen LogP contribution >= 0.6 is 0 Å². The van der Waals surface area contributed by atoms with Gasteiger partial charge in [0.1, 0.15) is 5.76 Å². The van der Waals surface area contributed by atoms with Crippen LogP contribution in [-0.2, 0) is 6.54 Å². The molecular formula is C14H19N3O3. The molecular weight excluding hydrogens is 258 g/mol. The van der Waals surface area contributed by atoms with E-state index >= 15 is 0 Å². The summed E-state index contributed by atoms with van der Waals surface area (Å²) >= 11 is 0. The first-order valence-corrected chi connectivity index (χ1v) is 6.75. The Morgan fingerprint density at radius 3 is 3.00 bits per heavy atom. The van der Waals surface area contributed by atoms with Gasteiger partial charge in [-0.3, -0.25) is 9.48 Å². The van der Waals surface area contributed by atoms with Crippen molar-refractivity contribution < 1.29 is 14.3 Å². The highest BCUT2D eigenvalue weighted by atomic mass is 16.4. The highest BCUT2D eigenvalue weighted by Crippen LogP contribution is 2.09. The number of nitrogens with one attached hydrogen (secondary N) is 1. The summed E-state index contributed by atoms with van der Waals surface area (Å²) in [5, 5.41) is 15.5. The van der Waals surface area contributed by atoms with Crippen LogP contribution in [0.1, 0.15) is 35.6 Å². The molecule has 0 fully saturated rings. The van der Waals surface area contributed by atoms with Gasteiger partial charge < -0.3 is 14.8 Å². The van der Waals surface area contributed by atoms with E-state index in [1.54, 1.807) is 23.0 Å². The van der Waals surface area contributed by atoms with E-state index in [1.807, 2.05) is 12.3 Å². The van der Waals surface area contributed by atoms with Crippen LogP contribution < -0.4 is 5.32 Å². The third-order valence-corrected chi connectivity index (χ3v) is 2.88. The van der Waals surface area contributed by atoms with Gasteiger partial charge in [0.25, 0.3) is 5.91 Å². The number of carbonyl (C=O) groups excluding carboxylic acids is 1. The number of hydrogen-bond acceptors (Lipinski definition) is 4. The number of nitrogens with zero attached hydrogens (tertiary/aromatic N) is 2. The summed E-state index contributed by atoms with van der Waals surface area (Å²) in [6, 6.07) is 5.28. The summed E-state index contributed by atoms with van der Waals surface area (Å²) in [5.74, 6) is 0.800. The molecule has 0 saturated heterocycles. The molecule has 2 heterocycles. The van der Waals surface area contributed by atoms with Crippen molar-refractivity contribution in [3.63, 3.8) is 0 Å². The Morgan fingerprint density at radius 2 is 2.25 bits per heavy atom. The molecule has 2 aromatic heterocycles. The zero-order chi connectivity index (χ0) is 14.2. The van der Waals surface area contributed by atoms with Crippen LogP contribution in [0.25, 0.3) is 0 Å². The number of rotatable bonds is 8. The van der Waals surface area contributed by atoms with Gasteiger partial charge in [0.2, 0.25) is 0 Å². The second-order valence-corrected chi connectivity index (χ2v) is 4.51. The number of unbranched alkanes of at least 4 members (excludes halogenated alkanes) is 2. The molecule has 0 radical (unpaired) electrons. The van der Waals surface area contributed by atoms with Crippen LogP contribution in [0.2, 0.25) is 0 Å². The van der Waals surface area contributed by atoms with E-state index < -0.39 is 0 Å². The third kappa shape index (κ3) is 4.24. The average Bonchev–Trinajstić information content (AvgIpc) is 3.10. The maximum atomic E-state index is 11.8. The SMILES string of the molecule is O=C(NCCCCCO)c1ccc(Cn2cccn2)o1. The second kappa shape index (κ2) is 7.49. The largest absolute Gasteiger partial charge is 0.454 e. The van der Waals surface area contributed by atoms with Crippen molar-refractivity contribution in [1.82, 2.24) is 15.1 Å². The van der Waals surface area contributed by atoms with E-state index in [1.165, 1.54) is 0 Å². The average molecular weight is 277 g/mol. The fourth-order valence-corrected chi connectivity index (χ4v) is 1.84. The molecule has 6 heteroatoms. The minimum absolute atomic E-state index is 0.197. The standard InChI is InChI=1S/C14H19N3O3/c18-10-3-1-2-7-15-14(19)13-6-5-12(20-13)11-17-9-4-8-16-17/h4-6,8-9,18H,1-3,7,10-11H2,(H,15,19). The van der Waals surface area contributed by atoms with Gasteiger partial charge in [-0.2, -0.15) is 5.10 Å². The first-order chi connectivity index (χ1) is 9.79. The van der Waals surface area contributed by atoms with E-state index in [-0.39, 0.29) is 12.5 Å². The molecule has 0 bridgehead atoms. The molecule has 0 unspecified atom stereocenters. The Kier molecular flexibility index (Phi) is 5.37. The molecule has 2 aromatic rings. The predicted molar refractivity (Wildman–Crippen MR) is 73.3 cm³/mol. The fraction of sp³-hybridized carbons (Fsp3) is 0.429. The molecule has 2 N–H and O–H groups in total. The maximum absolute atomic E-state index is 11.8. The van der Waals surface area contributed by atoms with Gasteiger partial charge in [0.05, 0.1) is 6.54 Å². The summed E-state index contributed by atoms with van der Waals surface area (Å²) in [7, 11) is 0. The molecule has 1 amide bonds. The molecule has 20 heavy (non-hydrogen) atoms. The van der Waals surface area contributed by atoms with Crippen LogP contribution in [0.4, 0.5) is 0 Å². The lowest BCUT2D eigenvalue weighted by Crippen LogP contribution is -2.23. The molecule has 0 aliphatic carbocycles. The lowest BCUT2D eigenvalue weighted by Gasteiger charge is -2.02. The summed E-state index contributed by atoms with van der Waals surface area (Å²) in [6.07, 6.45) is 6.06. The molecule has 0 atom stereocenters. The number of carbonyl (C=O) groups is 1. The van der Waals surface area contributed by atoms with E-state index in [0.717, 1.165) is 19.3 Å². The van der Waals surface area contributed by atoms with Crippen LogP contribution in [0, 0.1) is 0 Å². The zero-order valence-corrected chi connectivity index (χ0v) is 11.3. The Balaban J connectivity index is 1.77. The summed E-state index contributed by atoms with van der Waals surface area (Å²) in [6.45, 7) is 1.30. The van der Waals surface area contributed by atoms with Crippen molar-refractivity contribution in [2.45, 2.75) is 25.8 Å². The van der Waals surface area contributed by atoms with Gasteiger partial charge >= 0.3 is 0 Å². The lowest BCUT2D eigenvalue weighted by molar-refractivity contribution is 0.0923. The Bertz CT molecular complexity index is 520. The number of aliphatic hydroxyl groups excluding tert-OH is 1. The minimum Gasteiger partial charge on any atom is -0.454 e. The minimum atomic E-state index is -0.208. The van der Waals surface area contributed by atoms with Crippen LogP contribution in [0.5, 0.6) is 0 Å². The Morgan fingerprint density at radius 1 is 1.35 bits per heavy atom. The van der Waals surface area contributed by atoms with Gasteiger partial charge in [-0.1, -0.05) is 0 Å². The van der Waals surface area contributed by atoms with Crippen molar-refractivity contribution in [2.24, 2.45) is 0 Å². The number of aliphatic hydroxyl groups is 1. The molecule has 0 aliphatic rings. The van der Waals surface area contributed by atoms with Crippen molar-refractivity contribution in [2.75, 3.05) is 13.2 Å². The predicted octanol–water partition coefficient (Wildman–Crippen LogP) is 1.42. The lowest BCUT2D eigenvalue weighted by atomic mass is 10.2. The zero-order valence-electron chi connectivity index (χ0n) is 11.3. The molecule has 6 nitrogen and oxygen atoms in total. The van der Waals surface area contributed by atoms with E-state index in [4.69, 9.17) is 9.52 Å². The van der Waals surface area contributed by atoms with Crippen molar-refractivity contribution >= 4 is 5.91 Å². The summed E-state index contributed by atoms with van der Waals surface area (Å²) in [5.41, 5.74) is 0. The Hall–Kier alpha value is -2.08. The van der Waals surface area contributed by atoms with Crippen molar-refractivity contribution in [3.05, 3.63) is 42.1 Å². The van der Waals surface area contributed by atoms with E-state index in [2.05, 4.69) is 10.4 Å². The highest BCUT2D eigenvalue weighted by molar-refractivity contribution is 5.91. The monoisotopic (exact) mass is 277 g/mol.